The standard InChI is InChI=1S/C14H21ClN2O/c1-11-8-16-13(6-7-18)10-17(9-11)14-4-2-12(15)3-5-14/h2-5,11,13,16,18H,6-10H2,1H3. The Hall–Kier alpha value is -0.770. The van der Waals surface area contributed by atoms with Gasteiger partial charge >= 0.3 is 0 Å². The van der Waals surface area contributed by atoms with Gasteiger partial charge in [0.15, 0.2) is 0 Å². The molecule has 1 aromatic carbocycles. The lowest BCUT2D eigenvalue weighted by Gasteiger charge is -2.27. The largest absolute Gasteiger partial charge is 0.396 e. The number of anilines is 1. The molecule has 0 aliphatic carbocycles. The maximum absolute atomic E-state index is 9.09. The topological polar surface area (TPSA) is 35.5 Å². The van der Waals surface area contributed by atoms with Gasteiger partial charge in [-0.15, -0.1) is 0 Å². The van der Waals surface area contributed by atoms with Crippen LogP contribution < -0.4 is 10.2 Å². The van der Waals surface area contributed by atoms with Crippen LogP contribution in [0.4, 0.5) is 5.69 Å². The van der Waals surface area contributed by atoms with Crippen LogP contribution in [0.3, 0.4) is 0 Å². The maximum Gasteiger partial charge on any atom is 0.0446 e. The highest BCUT2D eigenvalue weighted by Crippen LogP contribution is 2.21. The Bertz CT molecular complexity index is 369. The number of benzene rings is 1. The van der Waals surface area contributed by atoms with Crippen molar-refractivity contribution in [1.82, 2.24) is 5.32 Å². The van der Waals surface area contributed by atoms with Gasteiger partial charge in [0, 0.05) is 36.4 Å². The zero-order chi connectivity index (χ0) is 13.0. The molecule has 4 heteroatoms. The fraction of sp³-hybridized carbons (Fsp3) is 0.571. The third-order valence-electron chi connectivity index (χ3n) is 3.40. The molecule has 1 saturated heterocycles. The highest BCUT2D eigenvalue weighted by Gasteiger charge is 2.21. The highest BCUT2D eigenvalue weighted by atomic mass is 35.5. The summed E-state index contributed by atoms with van der Waals surface area (Å²) in [5, 5.41) is 13.4. The molecule has 0 amide bonds. The molecule has 1 fully saturated rings. The van der Waals surface area contributed by atoms with Crippen LogP contribution in [-0.4, -0.2) is 37.4 Å². The Morgan fingerprint density at radius 3 is 2.72 bits per heavy atom. The van der Waals surface area contributed by atoms with Gasteiger partial charge in [0.1, 0.15) is 0 Å². The summed E-state index contributed by atoms with van der Waals surface area (Å²) in [7, 11) is 0. The van der Waals surface area contributed by atoms with Crippen molar-refractivity contribution < 1.29 is 5.11 Å². The van der Waals surface area contributed by atoms with E-state index < -0.39 is 0 Å². The smallest absolute Gasteiger partial charge is 0.0446 e. The molecule has 0 spiro atoms. The molecule has 0 saturated carbocycles. The van der Waals surface area contributed by atoms with Crippen LogP contribution >= 0.6 is 11.6 Å². The van der Waals surface area contributed by atoms with Gasteiger partial charge in [-0.05, 0) is 43.1 Å². The van der Waals surface area contributed by atoms with Gasteiger partial charge < -0.3 is 15.3 Å². The van der Waals surface area contributed by atoms with Crippen molar-refractivity contribution in [1.29, 1.82) is 0 Å². The lowest BCUT2D eigenvalue weighted by molar-refractivity contribution is 0.266. The Kier molecular flexibility index (Phi) is 4.87. The lowest BCUT2D eigenvalue weighted by atomic mass is 10.1. The van der Waals surface area contributed by atoms with E-state index in [-0.39, 0.29) is 6.61 Å². The number of nitrogens with zero attached hydrogens (tertiary/aromatic N) is 1. The van der Waals surface area contributed by atoms with E-state index in [4.69, 9.17) is 16.7 Å². The summed E-state index contributed by atoms with van der Waals surface area (Å²) in [4.78, 5) is 2.38. The molecule has 3 nitrogen and oxygen atoms in total. The second-order valence-corrected chi connectivity index (χ2v) is 5.54. The van der Waals surface area contributed by atoms with E-state index in [1.165, 1.54) is 5.69 Å². The molecule has 2 atom stereocenters. The van der Waals surface area contributed by atoms with E-state index in [0.29, 0.717) is 12.0 Å². The van der Waals surface area contributed by atoms with Gasteiger partial charge in [0.05, 0.1) is 0 Å². The second kappa shape index (κ2) is 6.41. The van der Waals surface area contributed by atoms with E-state index in [1.54, 1.807) is 0 Å². The number of hydrogen-bond acceptors (Lipinski definition) is 3. The fourth-order valence-corrected chi connectivity index (χ4v) is 2.55. The molecular weight excluding hydrogens is 248 g/mol. The molecular formula is C14H21ClN2O. The molecule has 1 aromatic rings. The van der Waals surface area contributed by atoms with Gasteiger partial charge in [0.2, 0.25) is 0 Å². The Balaban J connectivity index is 2.10. The zero-order valence-electron chi connectivity index (χ0n) is 10.8. The number of halogens is 1. The van der Waals surface area contributed by atoms with Crippen LogP contribution in [0, 0.1) is 5.92 Å². The van der Waals surface area contributed by atoms with Crippen molar-refractivity contribution in [3.63, 3.8) is 0 Å². The Labute approximate surface area is 114 Å². The molecule has 2 rings (SSSR count). The summed E-state index contributed by atoms with van der Waals surface area (Å²) in [6, 6.07) is 8.35. The molecule has 1 aliphatic rings. The first kappa shape index (κ1) is 13.7. The molecule has 2 N–H and O–H groups in total. The van der Waals surface area contributed by atoms with Crippen molar-refractivity contribution in [2.75, 3.05) is 31.1 Å². The minimum Gasteiger partial charge on any atom is -0.396 e. The van der Waals surface area contributed by atoms with Gasteiger partial charge in [-0.25, -0.2) is 0 Å². The minimum absolute atomic E-state index is 0.237. The SMILES string of the molecule is CC1CNC(CCO)CN(c2ccc(Cl)cc2)C1. The predicted octanol–water partition coefficient (Wildman–Crippen LogP) is 2.14. The van der Waals surface area contributed by atoms with Crippen LogP contribution in [0.5, 0.6) is 0 Å². The zero-order valence-corrected chi connectivity index (χ0v) is 11.5. The first-order valence-corrected chi connectivity index (χ1v) is 6.91. The van der Waals surface area contributed by atoms with Gasteiger partial charge in [0.25, 0.3) is 0 Å². The molecule has 100 valence electrons. The molecule has 2 unspecified atom stereocenters. The number of aliphatic hydroxyl groups excluding tert-OH is 1. The van der Waals surface area contributed by atoms with Gasteiger partial charge in [-0.1, -0.05) is 18.5 Å². The number of rotatable bonds is 3. The third-order valence-corrected chi connectivity index (χ3v) is 3.65. The number of aliphatic hydroxyl groups is 1. The quantitative estimate of drug-likeness (QED) is 0.882. The summed E-state index contributed by atoms with van der Waals surface area (Å²) >= 11 is 5.93. The van der Waals surface area contributed by atoms with Crippen molar-refractivity contribution >= 4 is 17.3 Å². The minimum atomic E-state index is 0.237. The van der Waals surface area contributed by atoms with Gasteiger partial charge in [-0.2, -0.15) is 0 Å². The highest BCUT2D eigenvalue weighted by molar-refractivity contribution is 6.30. The average Bonchev–Trinajstić information content (AvgIpc) is 2.53. The monoisotopic (exact) mass is 268 g/mol. The summed E-state index contributed by atoms with van der Waals surface area (Å²) in [5.41, 5.74) is 1.21. The maximum atomic E-state index is 9.09. The Morgan fingerprint density at radius 2 is 2.06 bits per heavy atom. The van der Waals surface area contributed by atoms with E-state index in [9.17, 15) is 0 Å². The molecule has 0 aromatic heterocycles. The summed E-state index contributed by atoms with van der Waals surface area (Å²) in [6.07, 6.45) is 0.802. The van der Waals surface area contributed by atoms with Crippen molar-refractivity contribution in [2.24, 2.45) is 5.92 Å². The van der Waals surface area contributed by atoms with Crippen LogP contribution in [0.1, 0.15) is 13.3 Å². The predicted molar refractivity (Wildman–Crippen MR) is 76.3 cm³/mol. The van der Waals surface area contributed by atoms with Crippen LogP contribution in [0.25, 0.3) is 0 Å². The fourth-order valence-electron chi connectivity index (χ4n) is 2.43. The number of nitrogens with one attached hydrogen (secondary N) is 1. The van der Waals surface area contributed by atoms with Crippen molar-refractivity contribution in [2.45, 2.75) is 19.4 Å². The molecule has 18 heavy (non-hydrogen) atoms. The van der Waals surface area contributed by atoms with E-state index in [0.717, 1.165) is 31.1 Å². The van der Waals surface area contributed by atoms with Crippen molar-refractivity contribution in [3.8, 4) is 0 Å². The summed E-state index contributed by atoms with van der Waals surface area (Å²) in [5.74, 6) is 0.601. The molecule has 0 radical (unpaired) electrons. The van der Waals surface area contributed by atoms with Crippen molar-refractivity contribution in [3.05, 3.63) is 29.3 Å². The molecule has 0 bridgehead atoms. The number of hydrogen-bond donors (Lipinski definition) is 2. The van der Waals surface area contributed by atoms with E-state index >= 15 is 0 Å². The Morgan fingerprint density at radius 1 is 1.33 bits per heavy atom. The molecule has 1 heterocycles. The van der Waals surface area contributed by atoms with E-state index in [1.807, 2.05) is 12.1 Å². The van der Waals surface area contributed by atoms with Gasteiger partial charge in [-0.3, -0.25) is 0 Å². The van der Waals surface area contributed by atoms with Crippen LogP contribution in [-0.2, 0) is 0 Å². The lowest BCUT2D eigenvalue weighted by Crippen LogP contribution is -2.38. The second-order valence-electron chi connectivity index (χ2n) is 5.10. The first-order chi connectivity index (χ1) is 8.69. The normalized spacial score (nSPS) is 24.9. The van der Waals surface area contributed by atoms with Crippen LogP contribution in [0.2, 0.25) is 5.02 Å². The summed E-state index contributed by atoms with van der Waals surface area (Å²) in [6.45, 7) is 5.47. The third kappa shape index (κ3) is 3.61. The average molecular weight is 269 g/mol. The van der Waals surface area contributed by atoms with E-state index in [2.05, 4.69) is 29.3 Å². The van der Waals surface area contributed by atoms with Crippen LogP contribution in [0.15, 0.2) is 24.3 Å². The molecule has 1 aliphatic heterocycles. The summed E-state index contributed by atoms with van der Waals surface area (Å²) < 4.78 is 0. The first-order valence-electron chi connectivity index (χ1n) is 6.54.